The van der Waals surface area contributed by atoms with Crippen molar-refractivity contribution >= 4 is 17.4 Å². The van der Waals surface area contributed by atoms with Crippen LogP contribution in [-0.4, -0.2) is 54.2 Å². The lowest BCUT2D eigenvalue weighted by molar-refractivity contribution is -0.140. The first kappa shape index (κ1) is 22.9. The molecule has 0 aliphatic carbocycles. The van der Waals surface area contributed by atoms with Gasteiger partial charge in [-0.1, -0.05) is 24.3 Å². The fraction of sp³-hybridized carbons (Fsp3) is 0.385. The van der Waals surface area contributed by atoms with Crippen molar-refractivity contribution < 1.29 is 28.9 Å². The van der Waals surface area contributed by atoms with Gasteiger partial charge < -0.3 is 24.2 Å². The van der Waals surface area contributed by atoms with Crippen LogP contribution in [0.4, 0.5) is 0 Å². The molecule has 4 rings (SSSR count). The summed E-state index contributed by atoms with van der Waals surface area (Å²) in [6.07, 6.45) is 0.667. The van der Waals surface area contributed by atoms with Crippen LogP contribution in [-0.2, 0) is 14.3 Å². The molecule has 1 saturated heterocycles. The standard InChI is InChI=1S/C26H29NO6/c1-16(2)31-12-6-11-27-23(19-8-5-4-7-17(19)3)22(25(29)26(27)30)24(28)18-9-10-20-21(15-18)33-14-13-32-20/h4-5,7-10,15-16,23,28H,6,11-14H2,1-3H3/b24-22+. The van der Waals surface area contributed by atoms with E-state index in [4.69, 9.17) is 14.2 Å². The number of ether oxygens (including phenoxy) is 3. The van der Waals surface area contributed by atoms with Crippen molar-refractivity contribution in [2.24, 2.45) is 0 Å². The molecule has 0 bridgehead atoms. The number of fused-ring (bicyclic) bond motifs is 1. The van der Waals surface area contributed by atoms with Gasteiger partial charge in [0.25, 0.3) is 11.7 Å². The molecule has 2 aromatic rings. The number of aryl methyl sites for hydroxylation is 1. The van der Waals surface area contributed by atoms with E-state index in [2.05, 4.69) is 0 Å². The Morgan fingerprint density at radius 3 is 2.58 bits per heavy atom. The van der Waals surface area contributed by atoms with Gasteiger partial charge in [-0.15, -0.1) is 0 Å². The Bertz CT molecular complexity index is 1090. The Hall–Kier alpha value is -3.32. The van der Waals surface area contributed by atoms with E-state index in [9.17, 15) is 14.7 Å². The molecule has 1 unspecified atom stereocenters. The third-order valence-corrected chi connectivity index (χ3v) is 5.83. The minimum atomic E-state index is -0.694. The Labute approximate surface area is 193 Å². The van der Waals surface area contributed by atoms with E-state index in [1.165, 1.54) is 4.90 Å². The van der Waals surface area contributed by atoms with E-state index in [1.54, 1.807) is 18.2 Å². The van der Waals surface area contributed by atoms with Crippen LogP contribution in [0, 0.1) is 6.92 Å². The van der Waals surface area contributed by atoms with Crippen molar-refractivity contribution in [3.05, 3.63) is 64.7 Å². The van der Waals surface area contributed by atoms with Gasteiger partial charge in [0.05, 0.1) is 17.7 Å². The summed E-state index contributed by atoms with van der Waals surface area (Å²) < 4.78 is 16.8. The van der Waals surface area contributed by atoms with Crippen LogP contribution in [0.2, 0.25) is 0 Å². The summed E-state index contributed by atoms with van der Waals surface area (Å²) in [6, 6.07) is 11.9. The van der Waals surface area contributed by atoms with Crippen LogP contribution in [0.5, 0.6) is 11.5 Å². The molecular formula is C26H29NO6. The molecule has 1 atom stereocenters. The van der Waals surface area contributed by atoms with E-state index >= 15 is 0 Å². The van der Waals surface area contributed by atoms with Crippen molar-refractivity contribution in [3.8, 4) is 11.5 Å². The lowest BCUT2D eigenvalue weighted by atomic mass is 9.92. The van der Waals surface area contributed by atoms with Crippen LogP contribution < -0.4 is 9.47 Å². The monoisotopic (exact) mass is 451 g/mol. The van der Waals surface area contributed by atoms with Crippen LogP contribution >= 0.6 is 0 Å². The summed E-state index contributed by atoms with van der Waals surface area (Å²) in [5.74, 6) is -0.455. The predicted molar refractivity (Wildman–Crippen MR) is 123 cm³/mol. The molecule has 2 aliphatic heterocycles. The minimum Gasteiger partial charge on any atom is -0.507 e. The number of amides is 1. The average Bonchev–Trinajstić information content (AvgIpc) is 3.06. The first-order chi connectivity index (χ1) is 15.9. The van der Waals surface area contributed by atoms with Crippen molar-refractivity contribution in [1.29, 1.82) is 0 Å². The van der Waals surface area contributed by atoms with Gasteiger partial charge >= 0.3 is 0 Å². The van der Waals surface area contributed by atoms with E-state index in [0.717, 1.165) is 11.1 Å². The van der Waals surface area contributed by atoms with E-state index in [0.29, 0.717) is 49.8 Å². The summed E-state index contributed by atoms with van der Waals surface area (Å²) in [6.45, 7) is 7.51. The molecule has 174 valence electrons. The second kappa shape index (κ2) is 9.67. The Kier molecular flexibility index (Phi) is 6.70. The molecular weight excluding hydrogens is 422 g/mol. The summed E-state index contributed by atoms with van der Waals surface area (Å²) in [4.78, 5) is 27.8. The molecule has 1 N–H and O–H groups in total. The third-order valence-electron chi connectivity index (χ3n) is 5.83. The van der Waals surface area contributed by atoms with Crippen molar-refractivity contribution in [1.82, 2.24) is 4.90 Å². The molecule has 2 aromatic carbocycles. The molecule has 7 heteroatoms. The highest BCUT2D eigenvalue weighted by Crippen LogP contribution is 2.42. The highest BCUT2D eigenvalue weighted by atomic mass is 16.6. The van der Waals surface area contributed by atoms with Gasteiger partial charge in [0.1, 0.15) is 19.0 Å². The fourth-order valence-electron chi connectivity index (χ4n) is 4.23. The number of carbonyl (C=O) groups is 2. The normalized spacial score (nSPS) is 19.4. The smallest absolute Gasteiger partial charge is 0.295 e. The number of hydrogen-bond donors (Lipinski definition) is 1. The number of hydrogen-bond acceptors (Lipinski definition) is 6. The Morgan fingerprint density at radius 1 is 1.12 bits per heavy atom. The Balaban J connectivity index is 1.75. The summed E-state index contributed by atoms with van der Waals surface area (Å²) in [5.41, 5.74) is 2.22. The van der Waals surface area contributed by atoms with E-state index in [1.807, 2.05) is 45.0 Å². The molecule has 0 saturated carbocycles. The van der Waals surface area contributed by atoms with Crippen LogP contribution in [0.1, 0.15) is 43.0 Å². The quantitative estimate of drug-likeness (QED) is 0.296. The molecule has 0 aromatic heterocycles. The van der Waals surface area contributed by atoms with Crippen LogP contribution in [0.15, 0.2) is 48.0 Å². The zero-order chi connectivity index (χ0) is 23.5. The molecule has 0 spiro atoms. The maximum Gasteiger partial charge on any atom is 0.295 e. The highest BCUT2D eigenvalue weighted by Gasteiger charge is 2.46. The SMILES string of the molecule is Cc1ccccc1C1/C(=C(\O)c2ccc3c(c2)OCCO3)C(=O)C(=O)N1CCCOC(C)C. The molecule has 1 amide bonds. The van der Waals surface area contributed by atoms with Gasteiger partial charge in [0.15, 0.2) is 11.5 Å². The molecule has 2 heterocycles. The number of nitrogens with zero attached hydrogens (tertiary/aromatic N) is 1. The number of rotatable bonds is 7. The van der Waals surface area contributed by atoms with E-state index < -0.39 is 17.7 Å². The minimum absolute atomic E-state index is 0.0794. The second-order valence-electron chi connectivity index (χ2n) is 8.48. The summed E-state index contributed by atoms with van der Waals surface area (Å²) in [5, 5.41) is 11.3. The number of Topliss-reactive ketones (excluding diaryl/α,β-unsaturated/α-hetero) is 1. The van der Waals surface area contributed by atoms with Gasteiger partial charge in [-0.05, 0) is 56.5 Å². The van der Waals surface area contributed by atoms with Gasteiger partial charge in [-0.25, -0.2) is 0 Å². The lowest BCUT2D eigenvalue weighted by Crippen LogP contribution is -2.31. The van der Waals surface area contributed by atoms with Gasteiger partial charge in [0, 0.05) is 18.7 Å². The molecule has 2 aliphatic rings. The van der Waals surface area contributed by atoms with Crippen molar-refractivity contribution in [2.45, 2.75) is 39.3 Å². The summed E-state index contributed by atoms with van der Waals surface area (Å²) >= 11 is 0. The number of carbonyl (C=O) groups excluding carboxylic acids is 2. The van der Waals surface area contributed by atoms with E-state index in [-0.39, 0.29) is 17.4 Å². The zero-order valence-electron chi connectivity index (χ0n) is 19.2. The van der Waals surface area contributed by atoms with Crippen molar-refractivity contribution in [2.75, 3.05) is 26.4 Å². The van der Waals surface area contributed by atoms with Crippen LogP contribution in [0.3, 0.4) is 0 Å². The first-order valence-electron chi connectivity index (χ1n) is 11.2. The number of aliphatic hydroxyl groups excluding tert-OH is 1. The molecule has 33 heavy (non-hydrogen) atoms. The van der Waals surface area contributed by atoms with Gasteiger partial charge in [-0.2, -0.15) is 0 Å². The Morgan fingerprint density at radius 2 is 1.85 bits per heavy atom. The van der Waals surface area contributed by atoms with Crippen LogP contribution in [0.25, 0.3) is 5.76 Å². The number of aliphatic hydroxyl groups is 1. The predicted octanol–water partition coefficient (Wildman–Crippen LogP) is 4.00. The maximum atomic E-state index is 13.2. The maximum absolute atomic E-state index is 13.2. The molecule has 7 nitrogen and oxygen atoms in total. The first-order valence-corrected chi connectivity index (χ1v) is 11.2. The highest BCUT2D eigenvalue weighted by molar-refractivity contribution is 6.46. The van der Waals surface area contributed by atoms with Crippen molar-refractivity contribution in [3.63, 3.8) is 0 Å². The second-order valence-corrected chi connectivity index (χ2v) is 8.48. The molecule has 0 radical (unpaired) electrons. The zero-order valence-corrected chi connectivity index (χ0v) is 19.2. The fourth-order valence-corrected chi connectivity index (χ4v) is 4.23. The lowest BCUT2D eigenvalue weighted by Gasteiger charge is -2.27. The number of benzene rings is 2. The topological polar surface area (TPSA) is 85.3 Å². The van der Waals surface area contributed by atoms with Gasteiger partial charge in [0.2, 0.25) is 0 Å². The largest absolute Gasteiger partial charge is 0.507 e. The third kappa shape index (κ3) is 4.59. The average molecular weight is 452 g/mol. The number of likely N-dealkylation sites (tertiary alicyclic amines) is 1. The van der Waals surface area contributed by atoms with Gasteiger partial charge in [-0.3, -0.25) is 9.59 Å². The summed E-state index contributed by atoms with van der Waals surface area (Å²) in [7, 11) is 0. The molecule has 1 fully saturated rings. The number of ketones is 1.